The fraction of sp³-hybridized carbons (Fsp3) is 0.0833. The molecule has 0 radical (unpaired) electrons. The van der Waals surface area contributed by atoms with Crippen LogP contribution in [-0.2, 0) is 4.79 Å². The normalized spacial score (nSPS) is 19.5. The van der Waals surface area contributed by atoms with Crippen LogP contribution in [0.15, 0.2) is 75.4 Å². The van der Waals surface area contributed by atoms with Crippen LogP contribution in [0.5, 0.6) is 5.75 Å². The van der Waals surface area contributed by atoms with Gasteiger partial charge in [-0.15, -0.1) is 0 Å². The van der Waals surface area contributed by atoms with Crippen molar-refractivity contribution in [2.24, 2.45) is 4.99 Å². The monoisotopic (exact) mass is 665 g/mol. The molecule has 0 saturated heterocycles. The Morgan fingerprint density at radius 2 is 1.87 bits per heavy atom. The second kappa shape index (κ2) is 7.81. The molecule has 2 aliphatic rings. The van der Waals surface area contributed by atoms with Crippen molar-refractivity contribution in [2.45, 2.75) is 13.5 Å². The molecule has 0 spiro atoms. The average Bonchev–Trinajstić information content (AvgIpc) is 3.02. The first-order valence-electron chi connectivity index (χ1n) is 9.72. The Hall–Kier alpha value is -1.51. The van der Waals surface area contributed by atoms with Crippen molar-refractivity contribution in [2.75, 3.05) is 0 Å². The molecule has 0 bridgehead atoms. The molecule has 1 N–H and O–H groups in total. The van der Waals surface area contributed by atoms with Gasteiger partial charge in [-0.25, -0.2) is 0 Å². The summed E-state index contributed by atoms with van der Waals surface area (Å²) in [5.41, 5.74) is 2.63. The Kier molecular flexibility index (Phi) is 5.38. The number of hydrogen-bond acceptors (Lipinski definition) is 3. The summed E-state index contributed by atoms with van der Waals surface area (Å²) in [5, 5.41) is 14.4. The summed E-state index contributed by atoms with van der Waals surface area (Å²) >= 11 is 6.28. The summed E-state index contributed by atoms with van der Waals surface area (Å²) in [7, 11) is -2.62. The van der Waals surface area contributed by atoms with Gasteiger partial charge in [0.05, 0.1) is 0 Å². The molecule has 0 amide bonds. The Morgan fingerprint density at radius 1 is 1.13 bits per heavy atom. The maximum absolute atomic E-state index is 12.4. The van der Waals surface area contributed by atoms with Gasteiger partial charge in [-0.05, 0) is 0 Å². The minimum absolute atomic E-state index is 0.00806. The first-order chi connectivity index (χ1) is 14.8. The van der Waals surface area contributed by atoms with Gasteiger partial charge in [0.1, 0.15) is 0 Å². The number of phenolic OH excluding ortho intramolecular Hbond substituents is 1. The van der Waals surface area contributed by atoms with Crippen LogP contribution in [0.4, 0.5) is 5.69 Å². The number of phenols is 1. The maximum atomic E-state index is 12.4. The summed E-state index contributed by atoms with van der Waals surface area (Å²) in [6.45, 7) is 4.43. The van der Waals surface area contributed by atoms with E-state index in [2.05, 4.69) is 64.1 Å². The van der Waals surface area contributed by atoms with Crippen LogP contribution in [0.2, 0.25) is 6.55 Å². The number of ketones is 1. The molecule has 1 atom stereocenters. The van der Waals surface area contributed by atoms with E-state index in [1.165, 1.54) is 13.2 Å². The minimum atomic E-state index is -2.62. The number of hydrogen-bond donors (Lipinski definition) is 1. The van der Waals surface area contributed by atoms with Crippen LogP contribution in [-0.4, -0.2) is 39.2 Å². The molecule has 5 rings (SSSR count). The van der Waals surface area contributed by atoms with Crippen LogP contribution in [0, 0.1) is 10.5 Å². The average molecular weight is 665 g/mol. The van der Waals surface area contributed by atoms with Gasteiger partial charge in [-0.3, -0.25) is 0 Å². The zero-order valence-electron chi connectivity index (χ0n) is 16.7. The summed E-state index contributed by atoms with van der Waals surface area (Å²) in [6.07, 6.45) is 5.18. The van der Waals surface area contributed by atoms with Gasteiger partial charge in [-0.1, -0.05) is 0 Å². The molecular formula is C24H17BrINO2SeSi. The first kappa shape index (κ1) is 21.3. The Bertz CT molecular complexity index is 1360. The number of aryl methyl sites for hydroxylation is 1. The van der Waals surface area contributed by atoms with Crippen molar-refractivity contribution < 1.29 is 9.90 Å². The van der Waals surface area contributed by atoms with E-state index in [9.17, 15) is 9.90 Å². The van der Waals surface area contributed by atoms with Gasteiger partial charge in [0.2, 0.25) is 0 Å². The van der Waals surface area contributed by atoms with Crippen molar-refractivity contribution in [3.8, 4) is 15.8 Å². The molecule has 2 aromatic carbocycles. The van der Waals surface area contributed by atoms with Gasteiger partial charge in [0.25, 0.3) is 0 Å². The van der Waals surface area contributed by atoms with E-state index in [0.717, 1.165) is 36.3 Å². The van der Waals surface area contributed by atoms with E-state index in [4.69, 9.17) is 4.99 Å². The molecule has 3 aromatic rings. The predicted octanol–water partition coefficient (Wildman–Crippen LogP) is 4.68. The molecule has 31 heavy (non-hydrogen) atoms. The quantitative estimate of drug-likeness (QED) is 0.246. The molecule has 154 valence electrons. The number of aromatic hydroxyl groups is 1. The summed E-state index contributed by atoms with van der Waals surface area (Å²) in [5.74, 6) is 0.268. The number of carbonyl (C=O) groups is 1. The summed E-state index contributed by atoms with van der Waals surface area (Å²) < 4.78 is 4.75. The van der Waals surface area contributed by atoms with E-state index >= 15 is 0 Å². The van der Waals surface area contributed by atoms with Crippen LogP contribution >= 0.6 is 38.5 Å². The number of halogens is 2. The number of benzene rings is 2. The third kappa shape index (κ3) is 3.24. The van der Waals surface area contributed by atoms with Gasteiger partial charge in [0, 0.05) is 0 Å². The fourth-order valence-corrected chi connectivity index (χ4v) is 13.4. The van der Waals surface area contributed by atoms with Crippen LogP contribution < -0.4 is 10.4 Å². The number of rotatable bonds is 2. The molecular weight excluding hydrogens is 648 g/mol. The Labute approximate surface area is 209 Å². The zero-order valence-corrected chi connectivity index (χ0v) is 23.2. The molecule has 1 aliphatic carbocycles. The first-order valence-corrected chi connectivity index (χ1v) is 15.8. The van der Waals surface area contributed by atoms with Crippen LogP contribution in [0.1, 0.15) is 4.44 Å². The van der Waals surface area contributed by atoms with E-state index in [1.807, 2.05) is 30.3 Å². The Balaban J connectivity index is 1.94. The van der Waals surface area contributed by atoms with Gasteiger partial charge in [-0.2, -0.15) is 0 Å². The number of carbonyl (C=O) groups excluding carboxylic acids is 1. The Morgan fingerprint density at radius 3 is 2.55 bits per heavy atom. The topological polar surface area (TPSA) is 49.7 Å². The molecule has 1 aromatic heterocycles. The van der Waals surface area contributed by atoms with Crippen molar-refractivity contribution in [3.63, 3.8) is 0 Å². The number of aliphatic imine (C=N–C) groups is 1. The molecule has 3 nitrogen and oxygen atoms in total. The zero-order chi connectivity index (χ0) is 21.9. The SMILES string of the molecule is Cc1[se]c(-c2c(O)ccc3c2[Si](C)(c2ccccc2)C2=CC(=O)C=CC2=N3)c(Br)c1I. The second-order valence-corrected chi connectivity index (χ2v) is 16.1. The number of nitrogens with zero attached hydrogens (tertiary/aromatic N) is 1. The van der Waals surface area contributed by atoms with E-state index in [0.29, 0.717) is 0 Å². The van der Waals surface area contributed by atoms with E-state index in [1.54, 1.807) is 18.2 Å². The van der Waals surface area contributed by atoms with Crippen LogP contribution in [0.3, 0.4) is 0 Å². The van der Waals surface area contributed by atoms with E-state index < -0.39 is 8.07 Å². The predicted molar refractivity (Wildman–Crippen MR) is 142 cm³/mol. The van der Waals surface area contributed by atoms with Crippen molar-refractivity contribution >= 4 is 88.7 Å². The molecule has 0 saturated carbocycles. The summed E-state index contributed by atoms with van der Waals surface area (Å²) in [6, 6.07) is 14.1. The van der Waals surface area contributed by atoms with Gasteiger partial charge >= 0.3 is 211 Å². The van der Waals surface area contributed by atoms with Crippen LogP contribution in [0.25, 0.3) is 10.0 Å². The standard InChI is InChI=1S/C24H17BrINO2SeSi/c1-13-22(26)21(25)23(30-13)20-18(29)11-10-17-24(20)31(2,15-6-4-3-5-7-15)19-12-14(28)8-9-16(19)27-17/h3-12,29H,1-2H3. The number of fused-ring (bicyclic) bond motifs is 2. The third-order valence-electron chi connectivity index (χ3n) is 5.94. The van der Waals surface area contributed by atoms with Gasteiger partial charge in [0.15, 0.2) is 0 Å². The fourth-order valence-electron chi connectivity index (χ4n) is 4.42. The number of allylic oxidation sites excluding steroid dienone is 4. The molecule has 7 heteroatoms. The van der Waals surface area contributed by atoms with Crippen molar-refractivity contribution in [1.82, 2.24) is 0 Å². The summed E-state index contributed by atoms with van der Waals surface area (Å²) in [4.78, 5) is 17.4. The molecule has 0 fully saturated rings. The molecule has 1 aliphatic heterocycles. The molecule has 2 heterocycles. The van der Waals surface area contributed by atoms with Gasteiger partial charge < -0.3 is 0 Å². The third-order valence-corrected chi connectivity index (χ3v) is 17.1. The second-order valence-electron chi connectivity index (χ2n) is 7.75. The van der Waals surface area contributed by atoms with E-state index in [-0.39, 0.29) is 26.0 Å². The van der Waals surface area contributed by atoms with Crippen molar-refractivity contribution in [1.29, 1.82) is 0 Å². The van der Waals surface area contributed by atoms with Crippen molar-refractivity contribution in [3.05, 3.63) is 78.4 Å². The molecule has 1 unspecified atom stereocenters.